The minimum atomic E-state index is -3.57. The molecule has 1 atom stereocenters. The Kier molecular flexibility index (Phi) is 8.57. The van der Waals surface area contributed by atoms with Gasteiger partial charge in [-0.05, 0) is 56.5 Å². The third kappa shape index (κ3) is 6.67. The van der Waals surface area contributed by atoms with E-state index in [4.69, 9.17) is 4.74 Å². The van der Waals surface area contributed by atoms with Crippen molar-refractivity contribution in [2.75, 3.05) is 43.8 Å². The van der Waals surface area contributed by atoms with Crippen LogP contribution in [0.25, 0.3) is 0 Å². The zero-order valence-electron chi connectivity index (χ0n) is 17.2. The molecular formula is C20H33N3O4S. The van der Waals surface area contributed by atoms with E-state index in [0.29, 0.717) is 24.0 Å². The van der Waals surface area contributed by atoms with E-state index >= 15 is 0 Å². The summed E-state index contributed by atoms with van der Waals surface area (Å²) in [4.78, 5) is 14.8. The molecule has 0 aliphatic carbocycles. The summed E-state index contributed by atoms with van der Waals surface area (Å²) >= 11 is 0. The van der Waals surface area contributed by atoms with Gasteiger partial charge in [-0.15, -0.1) is 0 Å². The molecule has 1 fully saturated rings. The molecule has 1 saturated heterocycles. The van der Waals surface area contributed by atoms with Gasteiger partial charge in [0.05, 0.1) is 19.1 Å². The molecule has 1 aromatic rings. The zero-order chi connectivity index (χ0) is 20.6. The van der Waals surface area contributed by atoms with Crippen molar-refractivity contribution in [2.24, 2.45) is 0 Å². The molecule has 0 aromatic heterocycles. The smallest absolute Gasteiger partial charge is 0.240 e. The van der Waals surface area contributed by atoms with Crippen LogP contribution in [0.2, 0.25) is 0 Å². The Morgan fingerprint density at radius 1 is 1.29 bits per heavy atom. The molecule has 8 heteroatoms. The molecule has 158 valence electrons. The lowest BCUT2D eigenvalue weighted by Crippen LogP contribution is -2.42. The van der Waals surface area contributed by atoms with Crippen LogP contribution in [-0.4, -0.2) is 64.8 Å². The van der Waals surface area contributed by atoms with Crippen molar-refractivity contribution in [1.29, 1.82) is 0 Å². The van der Waals surface area contributed by atoms with E-state index < -0.39 is 10.0 Å². The quantitative estimate of drug-likeness (QED) is 0.598. The Bertz CT molecular complexity index is 721. The van der Waals surface area contributed by atoms with Crippen molar-refractivity contribution in [2.45, 2.75) is 45.1 Å². The van der Waals surface area contributed by atoms with Crippen LogP contribution < -0.4 is 14.4 Å². The van der Waals surface area contributed by atoms with Crippen molar-refractivity contribution in [1.82, 2.24) is 10.2 Å². The number of benzene rings is 1. The first-order chi connectivity index (χ1) is 13.3. The van der Waals surface area contributed by atoms with Gasteiger partial charge in [-0.3, -0.25) is 9.10 Å². The van der Waals surface area contributed by atoms with E-state index in [2.05, 4.69) is 17.1 Å². The second-order valence-corrected chi connectivity index (χ2v) is 9.17. The number of hydrogen-bond donors (Lipinski definition) is 1. The maximum Gasteiger partial charge on any atom is 0.240 e. The van der Waals surface area contributed by atoms with E-state index in [1.807, 2.05) is 0 Å². The highest BCUT2D eigenvalue weighted by molar-refractivity contribution is 7.92. The summed E-state index contributed by atoms with van der Waals surface area (Å²) < 4.78 is 30.5. The number of carbonyl (C=O) groups is 1. The first-order valence-corrected chi connectivity index (χ1v) is 11.8. The monoisotopic (exact) mass is 411 g/mol. The van der Waals surface area contributed by atoms with Gasteiger partial charge in [0.15, 0.2) is 0 Å². The number of nitrogens with zero attached hydrogens (tertiary/aromatic N) is 2. The van der Waals surface area contributed by atoms with E-state index in [0.717, 1.165) is 36.5 Å². The second kappa shape index (κ2) is 10.7. The minimum absolute atomic E-state index is 0.230. The number of nitrogens with one attached hydrogen (secondary N) is 1. The molecule has 1 amide bonds. The number of methoxy groups -OCH3 is 1. The van der Waals surface area contributed by atoms with E-state index in [-0.39, 0.29) is 12.5 Å². The van der Waals surface area contributed by atoms with Crippen molar-refractivity contribution in [3.05, 3.63) is 24.3 Å². The Hall–Kier alpha value is -1.80. The van der Waals surface area contributed by atoms with E-state index in [9.17, 15) is 13.2 Å². The van der Waals surface area contributed by atoms with Crippen LogP contribution in [0.3, 0.4) is 0 Å². The number of ether oxygens (including phenoxy) is 1. The molecule has 1 aliphatic heterocycles. The van der Waals surface area contributed by atoms with Crippen LogP contribution in [0, 0.1) is 0 Å². The fourth-order valence-electron chi connectivity index (χ4n) is 3.66. The first-order valence-electron chi connectivity index (χ1n) is 9.97. The number of carbonyl (C=O) groups excluding carboxylic acids is 1. The maximum absolute atomic E-state index is 12.3. The minimum Gasteiger partial charge on any atom is -0.497 e. The molecule has 28 heavy (non-hydrogen) atoms. The van der Waals surface area contributed by atoms with Gasteiger partial charge in [-0.1, -0.05) is 13.3 Å². The predicted octanol–water partition coefficient (Wildman–Crippen LogP) is 2.23. The molecule has 1 heterocycles. The number of anilines is 1. The Balaban J connectivity index is 1.84. The average molecular weight is 412 g/mol. The lowest BCUT2D eigenvalue weighted by atomic mass is 10.00. The van der Waals surface area contributed by atoms with Crippen LogP contribution in [0.15, 0.2) is 24.3 Å². The van der Waals surface area contributed by atoms with Gasteiger partial charge in [-0.25, -0.2) is 8.42 Å². The fraction of sp³-hybridized carbons (Fsp3) is 0.650. The lowest BCUT2D eigenvalue weighted by Gasteiger charge is -2.35. The zero-order valence-corrected chi connectivity index (χ0v) is 18.0. The highest BCUT2D eigenvalue weighted by atomic mass is 32.2. The molecule has 1 aromatic carbocycles. The first kappa shape index (κ1) is 22.5. The molecular weight excluding hydrogens is 378 g/mol. The summed E-state index contributed by atoms with van der Waals surface area (Å²) in [5, 5.41) is 2.85. The highest BCUT2D eigenvalue weighted by Crippen LogP contribution is 2.21. The number of sulfonamides is 1. The molecule has 1 unspecified atom stereocenters. The van der Waals surface area contributed by atoms with Crippen LogP contribution in [0.5, 0.6) is 5.75 Å². The molecule has 0 saturated carbocycles. The topological polar surface area (TPSA) is 79.0 Å². The van der Waals surface area contributed by atoms with Crippen molar-refractivity contribution in [3.8, 4) is 5.75 Å². The van der Waals surface area contributed by atoms with Crippen LogP contribution in [0.1, 0.15) is 39.0 Å². The lowest BCUT2D eigenvalue weighted by molar-refractivity contribution is -0.119. The van der Waals surface area contributed by atoms with Gasteiger partial charge in [0.2, 0.25) is 15.9 Å². The van der Waals surface area contributed by atoms with Crippen LogP contribution >= 0.6 is 0 Å². The second-order valence-electron chi connectivity index (χ2n) is 7.26. The number of rotatable bonds is 10. The summed E-state index contributed by atoms with van der Waals surface area (Å²) in [6.45, 7) is 4.64. The number of hydrogen-bond acceptors (Lipinski definition) is 5. The van der Waals surface area contributed by atoms with Gasteiger partial charge in [0.1, 0.15) is 12.3 Å². The Morgan fingerprint density at radius 3 is 2.61 bits per heavy atom. The molecule has 7 nitrogen and oxygen atoms in total. The fourth-order valence-corrected chi connectivity index (χ4v) is 4.52. The third-order valence-electron chi connectivity index (χ3n) is 5.21. The number of piperidine rings is 1. The standard InChI is InChI=1S/C20H33N3O4S/c1-4-17-8-5-6-14-22(17)15-7-13-21-20(24)16-23(28(3,25)26)18-9-11-19(27-2)12-10-18/h9-12,17H,4-8,13-16H2,1-3H3,(H,21,24). The summed E-state index contributed by atoms with van der Waals surface area (Å²) in [5.41, 5.74) is 0.442. The van der Waals surface area contributed by atoms with Gasteiger partial charge in [0, 0.05) is 19.1 Å². The molecule has 0 radical (unpaired) electrons. The molecule has 2 rings (SSSR count). The number of amides is 1. The van der Waals surface area contributed by atoms with Gasteiger partial charge in [0.25, 0.3) is 0 Å². The SMILES string of the molecule is CCC1CCCCN1CCCNC(=O)CN(c1ccc(OC)cc1)S(C)(=O)=O. The normalized spacial score (nSPS) is 17.9. The number of likely N-dealkylation sites (tertiary alicyclic amines) is 1. The largest absolute Gasteiger partial charge is 0.497 e. The van der Waals surface area contributed by atoms with Crippen molar-refractivity contribution < 1.29 is 17.9 Å². The summed E-state index contributed by atoms with van der Waals surface area (Å²) in [6.07, 6.45) is 6.94. The summed E-state index contributed by atoms with van der Waals surface area (Å²) in [6, 6.07) is 7.27. The summed E-state index contributed by atoms with van der Waals surface area (Å²) in [7, 11) is -2.02. The third-order valence-corrected chi connectivity index (χ3v) is 6.35. The Labute approximate surface area is 169 Å². The molecule has 1 aliphatic rings. The van der Waals surface area contributed by atoms with Crippen LogP contribution in [-0.2, 0) is 14.8 Å². The maximum atomic E-state index is 12.3. The van der Waals surface area contributed by atoms with Crippen LogP contribution in [0.4, 0.5) is 5.69 Å². The Morgan fingerprint density at radius 2 is 2.00 bits per heavy atom. The van der Waals surface area contributed by atoms with Crippen molar-refractivity contribution >= 4 is 21.6 Å². The van der Waals surface area contributed by atoms with Crippen molar-refractivity contribution in [3.63, 3.8) is 0 Å². The van der Waals surface area contributed by atoms with Gasteiger partial charge >= 0.3 is 0 Å². The highest BCUT2D eigenvalue weighted by Gasteiger charge is 2.22. The van der Waals surface area contributed by atoms with Gasteiger partial charge in [-0.2, -0.15) is 0 Å². The molecule has 1 N–H and O–H groups in total. The average Bonchev–Trinajstić information content (AvgIpc) is 2.69. The predicted molar refractivity (Wildman–Crippen MR) is 112 cm³/mol. The van der Waals surface area contributed by atoms with E-state index in [1.165, 1.54) is 19.3 Å². The molecule has 0 bridgehead atoms. The van der Waals surface area contributed by atoms with Gasteiger partial charge < -0.3 is 15.0 Å². The van der Waals surface area contributed by atoms with E-state index in [1.54, 1.807) is 31.4 Å². The summed E-state index contributed by atoms with van der Waals surface area (Å²) in [5.74, 6) is 0.330. The molecule has 0 spiro atoms.